The highest BCUT2D eigenvalue weighted by Crippen LogP contribution is 2.35. The molecule has 2 amide bonds. The number of carbonyl (C=O) groups is 2. The van der Waals surface area contributed by atoms with Gasteiger partial charge in [-0.05, 0) is 43.9 Å². The molecule has 2 fully saturated rings. The Balaban J connectivity index is 1.66. The SMILES string of the molecule is CC1(C(=O)NS(=O)(=O)Cc2cccc(Cl)c2)CCN1C(=O)C1CCCCC1. The highest BCUT2D eigenvalue weighted by molar-refractivity contribution is 7.89. The number of halogens is 1. The van der Waals surface area contributed by atoms with E-state index >= 15 is 0 Å². The molecule has 0 aromatic heterocycles. The minimum absolute atomic E-state index is 0.0224. The van der Waals surface area contributed by atoms with Crippen molar-refractivity contribution in [1.29, 1.82) is 0 Å². The third kappa shape index (κ3) is 4.46. The molecule has 1 heterocycles. The maximum atomic E-state index is 12.8. The predicted molar refractivity (Wildman–Crippen MR) is 104 cm³/mol. The second kappa shape index (κ2) is 7.80. The van der Waals surface area contributed by atoms with E-state index in [0.29, 0.717) is 23.6 Å². The van der Waals surface area contributed by atoms with E-state index in [1.165, 1.54) is 0 Å². The summed E-state index contributed by atoms with van der Waals surface area (Å²) in [6.07, 6.45) is 5.36. The van der Waals surface area contributed by atoms with Gasteiger partial charge in [0.1, 0.15) is 5.54 Å². The highest BCUT2D eigenvalue weighted by Gasteiger charge is 2.51. The van der Waals surface area contributed by atoms with Gasteiger partial charge in [0, 0.05) is 17.5 Å². The van der Waals surface area contributed by atoms with Crippen molar-refractivity contribution in [1.82, 2.24) is 9.62 Å². The highest BCUT2D eigenvalue weighted by atomic mass is 35.5. The molecule has 1 aliphatic heterocycles. The molecule has 0 bridgehead atoms. The summed E-state index contributed by atoms with van der Waals surface area (Å²) in [5.41, 5.74) is -0.604. The van der Waals surface area contributed by atoms with Crippen molar-refractivity contribution in [3.63, 3.8) is 0 Å². The molecule has 1 aromatic rings. The Hall–Kier alpha value is -1.60. The van der Waals surface area contributed by atoms with E-state index in [1.54, 1.807) is 36.1 Å². The lowest BCUT2D eigenvalue weighted by Gasteiger charge is -2.50. The second-order valence-corrected chi connectivity index (χ2v) is 9.83. The van der Waals surface area contributed by atoms with Gasteiger partial charge in [0.15, 0.2) is 0 Å². The van der Waals surface area contributed by atoms with Crippen LogP contribution in [-0.2, 0) is 25.4 Å². The fraction of sp³-hybridized carbons (Fsp3) is 0.579. The van der Waals surface area contributed by atoms with E-state index in [0.717, 1.165) is 32.1 Å². The van der Waals surface area contributed by atoms with Gasteiger partial charge in [-0.3, -0.25) is 14.3 Å². The third-order valence-corrected chi connectivity index (χ3v) is 7.07. The van der Waals surface area contributed by atoms with E-state index in [1.807, 2.05) is 0 Å². The Kier molecular flexibility index (Phi) is 5.82. The van der Waals surface area contributed by atoms with Crippen molar-refractivity contribution in [3.05, 3.63) is 34.9 Å². The second-order valence-electron chi connectivity index (χ2n) is 7.67. The van der Waals surface area contributed by atoms with E-state index in [-0.39, 0.29) is 17.6 Å². The Labute approximate surface area is 165 Å². The predicted octanol–water partition coefficient (Wildman–Crippen LogP) is 2.86. The molecule has 1 saturated heterocycles. The maximum absolute atomic E-state index is 12.8. The van der Waals surface area contributed by atoms with Gasteiger partial charge in [-0.1, -0.05) is 43.0 Å². The van der Waals surface area contributed by atoms with Crippen molar-refractivity contribution in [2.24, 2.45) is 5.92 Å². The lowest BCUT2D eigenvalue weighted by molar-refractivity contribution is -0.160. The zero-order valence-corrected chi connectivity index (χ0v) is 17.0. The number of nitrogens with one attached hydrogen (secondary N) is 1. The molecule has 148 valence electrons. The van der Waals surface area contributed by atoms with Crippen LogP contribution in [0.2, 0.25) is 5.02 Å². The summed E-state index contributed by atoms with van der Waals surface area (Å²) in [4.78, 5) is 27.0. The summed E-state index contributed by atoms with van der Waals surface area (Å²) in [5, 5.41) is 0.434. The van der Waals surface area contributed by atoms with Gasteiger partial charge < -0.3 is 4.90 Å². The fourth-order valence-electron chi connectivity index (χ4n) is 3.85. The zero-order chi connectivity index (χ0) is 19.7. The molecule has 6 nitrogen and oxygen atoms in total. The van der Waals surface area contributed by atoms with Crippen LogP contribution in [0.15, 0.2) is 24.3 Å². The summed E-state index contributed by atoms with van der Waals surface area (Å²) in [6.45, 7) is 2.13. The lowest BCUT2D eigenvalue weighted by atomic mass is 9.81. The Bertz CT molecular complexity index is 836. The van der Waals surface area contributed by atoms with Crippen LogP contribution in [0.5, 0.6) is 0 Å². The van der Waals surface area contributed by atoms with Crippen LogP contribution in [-0.4, -0.2) is 37.2 Å². The third-order valence-electron chi connectivity index (χ3n) is 5.62. The first-order chi connectivity index (χ1) is 12.7. The topological polar surface area (TPSA) is 83.6 Å². The summed E-state index contributed by atoms with van der Waals surface area (Å²) < 4.78 is 27.0. The van der Waals surface area contributed by atoms with Gasteiger partial charge in [0.05, 0.1) is 5.75 Å². The first-order valence-electron chi connectivity index (χ1n) is 9.32. The zero-order valence-electron chi connectivity index (χ0n) is 15.4. The molecule has 3 rings (SSSR count). The molecule has 1 atom stereocenters. The van der Waals surface area contributed by atoms with E-state index < -0.39 is 21.5 Å². The standard InChI is InChI=1S/C19H25ClN2O4S/c1-19(10-11-22(19)17(23)15-7-3-2-4-8-15)18(24)21-27(25,26)13-14-6-5-9-16(20)12-14/h5-6,9,12,15H,2-4,7-8,10-11,13H2,1H3,(H,21,24). The summed E-state index contributed by atoms with van der Waals surface area (Å²) >= 11 is 5.89. The van der Waals surface area contributed by atoms with Crippen LogP contribution < -0.4 is 4.72 Å². The number of amides is 2. The lowest BCUT2D eigenvalue weighted by Crippen LogP contribution is -2.68. The van der Waals surface area contributed by atoms with Crippen LogP contribution in [0, 0.1) is 5.92 Å². The number of nitrogens with zero attached hydrogens (tertiary/aromatic N) is 1. The Morgan fingerprint density at radius 1 is 1.26 bits per heavy atom. The Morgan fingerprint density at radius 2 is 1.96 bits per heavy atom. The quantitative estimate of drug-likeness (QED) is 0.805. The smallest absolute Gasteiger partial charge is 0.259 e. The molecule has 1 saturated carbocycles. The number of rotatable bonds is 5. The average Bonchev–Trinajstić information content (AvgIpc) is 2.60. The van der Waals surface area contributed by atoms with E-state index in [9.17, 15) is 18.0 Å². The first-order valence-corrected chi connectivity index (χ1v) is 11.4. The van der Waals surface area contributed by atoms with Crippen LogP contribution >= 0.6 is 11.6 Å². The van der Waals surface area contributed by atoms with Gasteiger partial charge in [-0.2, -0.15) is 0 Å². The molecule has 1 aliphatic carbocycles. The van der Waals surface area contributed by atoms with Gasteiger partial charge >= 0.3 is 0 Å². The maximum Gasteiger partial charge on any atom is 0.259 e. The summed E-state index contributed by atoms with van der Waals surface area (Å²) in [7, 11) is -3.88. The van der Waals surface area contributed by atoms with Crippen molar-refractivity contribution in [2.45, 2.75) is 56.7 Å². The average molecular weight is 413 g/mol. The van der Waals surface area contributed by atoms with Crippen molar-refractivity contribution in [2.75, 3.05) is 6.54 Å². The number of sulfonamides is 1. The number of hydrogen-bond acceptors (Lipinski definition) is 4. The van der Waals surface area contributed by atoms with Gasteiger partial charge in [-0.25, -0.2) is 8.42 Å². The van der Waals surface area contributed by atoms with Crippen molar-refractivity contribution < 1.29 is 18.0 Å². The molecule has 1 aromatic carbocycles. The molecule has 8 heteroatoms. The van der Waals surface area contributed by atoms with Gasteiger partial charge in [0.25, 0.3) is 5.91 Å². The van der Waals surface area contributed by atoms with E-state index in [2.05, 4.69) is 4.72 Å². The monoisotopic (exact) mass is 412 g/mol. The molecular weight excluding hydrogens is 388 g/mol. The van der Waals surface area contributed by atoms with Crippen LogP contribution in [0.1, 0.15) is 51.0 Å². The molecular formula is C19H25ClN2O4S. The number of benzene rings is 1. The molecule has 1 N–H and O–H groups in total. The molecule has 0 radical (unpaired) electrons. The van der Waals surface area contributed by atoms with Crippen LogP contribution in [0.4, 0.5) is 0 Å². The minimum atomic E-state index is -3.88. The largest absolute Gasteiger partial charge is 0.328 e. The van der Waals surface area contributed by atoms with Gasteiger partial charge in [-0.15, -0.1) is 0 Å². The number of hydrogen-bond donors (Lipinski definition) is 1. The van der Waals surface area contributed by atoms with Crippen molar-refractivity contribution in [3.8, 4) is 0 Å². The van der Waals surface area contributed by atoms with Crippen molar-refractivity contribution >= 4 is 33.4 Å². The Morgan fingerprint density at radius 3 is 2.56 bits per heavy atom. The number of carbonyl (C=O) groups excluding carboxylic acids is 2. The fourth-order valence-corrected chi connectivity index (χ4v) is 5.26. The number of likely N-dealkylation sites (tertiary alicyclic amines) is 1. The van der Waals surface area contributed by atoms with Crippen LogP contribution in [0.25, 0.3) is 0 Å². The molecule has 27 heavy (non-hydrogen) atoms. The van der Waals surface area contributed by atoms with Crippen LogP contribution in [0.3, 0.4) is 0 Å². The summed E-state index contributed by atoms with van der Waals surface area (Å²) in [5.74, 6) is -1.05. The molecule has 0 spiro atoms. The van der Waals surface area contributed by atoms with E-state index in [4.69, 9.17) is 11.6 Å². The minimum Gasteiger partial charge on any atom is -0.328 e. The van der Waals surface area contributed by atoms with Gasteiger partial charge in [0.2, 0.25) is 15.9 Å². The molecule has 2 aliphatic rings. The first kappa shape index (κ1) is 20.1. The normalized spacial score (nSPS) is 23.6. The molecule has 1 unspecified atom stereocenters. The summed E-state index contributed by atoms with van der Waals surface area (Å²) in [6, 6.07) is 6.50.